The summed E-state index contributed by atoms with van der Waals surface area (Å²) in [7, 11) is 0. The molecule has 3 aromatic carbocycles. The maximum Gasteiger partial charge on any atom is 0.0345 e. The normalized spacial score (nSPS) is 11.7. The number of rotatable bonds is 2. The number of allylic oxidation sites excluding steroid dienone is 1. The topological polar surface area (TPSA) is 0 Å². The molecule has 1 heterocycles. The van der Waals surface area contributed by atoms with Crippen LogP contribution in [0.1, 0.15) is 11.8 Å². The van der Waals surface area contributed by atoms with Gasteiger partial charge < -0.3 is 0 Å². The van der Waals surface area contributed by atoms with Gasteiger partial charge in [0, 0.05) is 4.88 Å². The maximum absolute atomic E-state index is 2.30. The van der Waals surface area contributed by atoms with Crippen molar-refractivity contribution in [1.29, 1.82) is 0 Å². The highest BCUT2D eigenvalue weighted by molar-refractivity contribution is 7.11. The number of benzene rings is 3. The lowest BCUT2D eigenvalue weighted by Gasteiger charge is -2.06. The van der Waals surface area contributed by atoms with Gasteiger partial charge in [-0.25, -0.2) is 0 Å². The molecule has 0 N–H and O–H groups in total. The Bertz CT molecular complexity index is 989. The summed E-state index contributed by atoms with van der Waals surface area (Å²) in [5, 5.41) is 7.35. The second-order valence-corrected chi connectivity index (χ2v) is 6.41. The first-order chi connectivity index (χ1) is 10.8. The van der Waals surface area contributed by atoms with Gasteiger partial charge in [0.25, 0.3) is 0 Å². The van der Waals surface area contributed by atoms with Gasteiger partial charge in [0.1, 0.15) is 0 Å². The van der Waals surface area contributed by atoms with E-state index in [2.05, 4.69) is 85.1 Å². The lowest BCUT2D eigenvalue weighted by molar-refractivity contribution is 1.71. The van der Waals surface area contributed by atoms with Gasteiger partial charge in [-0.15, -0.1) is 11.3 Å². The average Bonchev–Trinajstić information content (AvgIpc) is 3.01. The molecule has 0 aliphatic heterocycles. The zero-order valence-corrected chi connectivity index (χ0v) is 13.2. The molecule has 0 spiro atoms. The minimum absolute atomic E-state index is 1.29. The van der Waals surface area contributed by atoms with Crippen LogP contribution in [0.25, 0.3) is 38.7 Å². The molecule has 1 heteroatoms. The molecular formula is C21H16S. The minimum atomic E-state index is 1.29. The van der Waals surface area contributed by atoms with E-state index < -0.39 is 0 Å². The number of hydrogen-bond donors (Lipinski definition) is 0. The van der Waals surface area contributed by atoms with Crippen LogP contribution in [0.3, 0.4) is 0 Å². The zero-order valence-electron chi connectivity index (χ0n) is 12.4. The number of fused-ring (bicyclic) bond motifs is 2. The van der Waals surface area contributed by atoms with Crippen molar-refractivity contribution in [3.8, 4) is 11.1 Å². The zero-order chi connectivity index (χ0) is 14.9. The third-order valence-electron chi connectivity index (χ3n) is 4.03. The molecule has 0 unspecified atom stereocenters. The van der Waals surface area contributed by atoms with Crippen LogP contribution in [0.2, 0.25) is 0 Å². The molecule has 0 nitrogen and oxygen atoms in total. The van der Waals surface area contributed by atoms with E-state index in [-0.39, 0.29) is 0 Å². The van der Waals surface area contributed by atoms with E-state index in [1.807, 2.05) is 0 Å². The quantitative estimate of drug-likeness (QED) is 0.359. The molecule has 0 saturated heterocycles. The molecule has 22 heavy (non-hydrogen) atoms. The molecule has 0 aliphatic carbocycles. The summed E-state index contributed by atoms with van der Waals surface area (Å²) in [6.07, 6.45) is 4.29. The van der Waals surface area contributed by atoms with Crippen molar-refractivity contribution in [1.82, 2.24) is 0 Å². The second-order valence-electron chi connectivity index (χ2n) is 5.46. The first kappa shape index (κ1) is 13.3. The minimum Gasteiger partial charge on any atom is -0.144 e. The molecular weight excluding hydrogens is 284 g/mol. The van der Waals surface area contributed by atoms with Gasteiger partial charge in [0.2, 0.25) is 0 Å². The molecule has 0 bridgehead atoms. The largest absolute Gasteiger partial charge is 0.144 e. The molecule has 106 valence electrons. The summed E-state index contributed by atoms with van der Waals surface area (Å²) >= 11 is 1.79. The highest BCUT2D eigenvalue weighted by Crippen LogP contribution is 2.32. The summed E-state index contributed by atoms with van der Waals surface area (Å²) in [5.41, 5.74) is 2.61. The highest BCUT2D eigenvalue weighted by Gasteiger charge is 2.06. The monoisotopic (exact) mass is 300 g/mol. The van der Waals surface area contributed by atoms with E-state index in [4.69, 9.17) is 0 Å². The van der Waals surface area contributed by atoms with Crippen LogP contribution in [-0.2, 0) is 0 Å². The smallest absolute Gasteiger partial charge is 0.0345 e. The predicted molar refractivity (Wildman–Crippen MR) is 99.5 cm³/mol. The molecule has 0 saturated carbocycles. The van der Waals surface area contributed by atoms with Gasteiger partial charge in [-0.05, 0) is 75.3 Å². The van der Waals surface area contributed by atoms with E-state index in [0.717, 1.165) is 0 Å². The van der Waals surface area contributed by atoms with Crippen molar-refractivity contribution in [2.45, 2.75) is 6.92 Å². The summed E-state index contributed by atoms with van der Waals surface area (Å²) in [6, 6.07) is 22.1. The Morgan fingerprint density at radius 2 is 1.50 bits per heavy atom. The van der Waals surface area contributed by atoms with E-state index in [0.29, 0.717) is 0 Å². The van der Waals surface area contributed by atoms with E-state index in [1.54, 1.807) is 11.3 Å². The Morgan fingerprint density at radius 3 is 2.27 bits per heavy atom. The Morgan fingerprint density at radius 1 is 0.773 bits per heavy atom. The Hall–Kier alpha value is -2.38. The fourth-order valence-corrected chi connectivity index (χ4v) is 3.83. The van der Waals surface area contributed by atoms with Crippen molar-refractivity contribution in [2.24, 2.45) is 0 Å². The van der Waals surface area contributed by atoms with Crippen LogP contribution < -0.4 is 0 Å². The van der Waals surface area contributed by atoms with Crippen molar-refractivity contribution in [2.75, 3.05) is 0 Å². The van der Waals surface area contributed by atoms with Gasteiger partial charge in [-0.1, -0.05) is 42.5 Å². The second kappa shape index (κ2) is 5.43. The highest BCUT2D eigenvalue weighted by atomic mass is 32.1. The first-order valence-electron chi connectivity index (χ1n) is 7.48. The van der Waals surface area contributed by atoms with Gasteiger partial charge in [0.05, 0.1) is 0 Å². The fraction of sp³-hybridized carbons (Fsp3) is 0.0476. The summed E-state index contributed by atoms with van der Waals surface area (Å²) in [4.78, 5) is 1.32. The van der Waals surface area contributed by atoms with Crippen LogP contribution in [0, 0.1) is 0 Å². The van der Waals surface area contributed by atoms with Crippen LogP contribution in [0.5, 0.6) is 0 Å². The van der Waals surface area contributed by atoms with Gasteiger partial charge in [-0.3, -0.25) is 0 Å². The van der Waals surface area contributed by atoms with E-state index in [1.165, 1.54) is 37.5 Å². The van der Waals surface area contributed by atoms with Gasteiger partial charge >= 0.3 is 0 Å². The fourth-order valence-electron chi connectivity index (χ4n) is 2.95. The van der Waals surface area contributed by atoms with Crippen LogP contribution in [-0.4, -0.2) is 0 Å². The third-order valence-corrected chi connectivity index (χ3v) is 4.91. The summed E-state index contributed by atoms with van der Waals surface area (Å²) < 4.78 is 0. The summed E-state index contributed by atoms with van der Waals surface area (Å²) in [5.74, 6) is 0. The Kier molecular flexibility index (Phi) is 3.28. The Labute approximate surface area is 134 Å². The van der Waals surface area contributed by atoms with E-state index in [9.17, 15) is 0 Å². The lowest BCUT2D eigenvalue weighted by Crippen LogP contribution is -1.80. The van der Waals surface area contributed by atoms with Crippen molar-refractivity contribution >= 4 is 39.0 Å². The molecule has 4 rings (SSSR count). The van der Waals surface area contributed by atoms with Gasteiger partial charge in [0.15, 0.2) is 0 Å². The Balaban J connectivity index is 1.93. The van der Waals surface area contributed by atoms with Crippen molar-refractivity contribution in [3.05, 3.63) is 77.0 Å². The molecule has 0 aliphatic rings. The van der Waals surface area contributed by atoms with E-state index >= 15 is 0 Å². The molecule has 0 atom stereocenters. The SMILES string of the molecule is CC=Cc1sccc1-c1ccc2cc3ccccc3cc2c1. The number of thiophene rings is 1. The molecule has 1 aromatic heterocycles. The van der Waals surface area contributed by atoms with Crippen molar-refractivity contribution in [3.63, 3.8) is 0 Å². The maximum atomic E-state index is 2.30. The third kappa shape index (κ3) is 2.24. The summed E-state index contributed by atoms with van der Waals surface area (Å²) in [6.45, 7) is 2.07. The van der Waals surface area contributed by atoms with Crippen LogP contribution in [0.4, 0.5) is 0 Å². The molecule has 4 aromatic rings. The van der Waals surface area contributed by atoms with Crippen LogP contribution in [0.15, 0.2) is 72.1 Å². The van der Waals surface area contributed by atoms with Crippen LogP contribution >= 0.6 is 11.3 Å². The first-order valence-corrected chi connectivity index (χ1v) is 8.36. The molecule has 0 radical (unpaired) electrons. The van der Waals surface area contributed by atoms with Crippen molar-refractivity contribution < 1.29 is 0 Å². The molecule has 0 amide bonds. The predicted octanol–water partition coefficient (Wildman–Crippen LogP) is 6.75. The molecule has 0 fully saturated rings. The number of hydrogen-bond acceptors (Lipinski definition) is 1. The average molecular weight is 300 g/mol. The standard InChI is InChI=1S/C21H16S/c1-2-5-21-20(10-11-22-21)18-9-8-17-12-15-6-3-4-7-16(15)13-19(17)14-18/h2-14H,1H3. The van der Waals surface area contributed by atoms with Gasteiger partial charge in [-0.2, -0.15) is 0 Å². The lowest BCUT2D eigenvalue weighted by atomic mass is 9.99.